The van der Waals surface area contributed by atoms with Crippen LogP contribution in [0.3, 0.4) is 0 Å². The molecule has 1 unspecified atom stereocenters. The van der Waals surface area contributed by atoms with Gasteiger partial charge >= 0.3 is 6.09 Å². The maximum Gasteiger partial charge on any atom is 0.409 e. The molecule has 0 heterocycles. The van der Waals surface area contributed by atoms with Crippen molar-refractivity contribution >= 4 is 6.09 Å². The van der Waals surface area contributed by atoms with Gasteiger partial charge < -0.3 is 9.84 Å². The maximum absolute atomic E-state index is 11.5. The first kappa shape index (κ1) is 13.1. The van der Waals surface area contributed by atoms with Crippen molar-refractivity contribution < 1.29 is 14.6 Å². The van der Waals surface area contributed by atoms with Gasteiger partial charge in [-0.3, -0.25) is 5.32 Å². The fourth-order valence-corrected chi connectivity index (χ4v) is 1.60. The van der Waals surface area contributed by atoms with Crippen LogP contribution in [-0.4, -0.2) is 11.2 Å². The second-order valence-electron chi connectivity index (χ2n) is 4.02. The molecule has 0 fully saturated rings. The number of hydrogen-bond acceptors (Lipinski definition) is 3. The standard InChI is InChI=1S/C15H15NO3/c17-14(13-9-5-2-6-10-13)16-15(18)19-11-12-7-3-1-4-8-12/h1-10,14,17H,11H2,(H,16,18). The molecule has 4 heteroatoms. The first-order valence-electron chi connectivity index (χ1n) is 5.96. The molecule has 0 radical (unpaired) electrons. The number of benzene rings is 2. The van der Waals surface area contributed by atoms with Crippen LogP contribution in [0.15, 0.2) is 60.7 Å². The van der Waals surface area contributed by atoms with Crippen LogP contribution < -0.4 is 5.32 Å². The second kappa shape index (κ2) is 6.56. The highest BCUT2D eigenvalue weighted by Gasteiger charge is 2.11. The highest BCUT2D eigenvalue weighted by atomic mass is 16.6. The zero-order valence-corrected chi connectivity index (χ0v) is 10.3. The molecule has 2 N–H and O–H groups in total. The Morgan fingerprint density at radius 3 is 2.26 bits per heavy atom. The summed E-state index contributed by atoms with van der Waals surface area (Å²) in [5.41, 5.74) is 1.51. The summed E-state index contributed by atoms with van der Waals surface area (Å²) in [6.45, 7) is 0.175. The van der Waals surface area contributed by atoms with Crippen molar-refractivity contribution in [2.24, 2.45) is 0 Å². The van der Waals surface area contributed by atoms with Crippen molar-refractivity contribution in [2.75, 3.05) is 0 Å². The van der Waals surface area contributed by atoms with Gasteiger partial charge in [-0.05, 0) is 5.56 Å². The summed E-state index contributed by atoms with van der Waals surface area (Å²) in [7, 11) is 0. The molecule has 0 saturated heterocycles. The number of hydrogen-bond donors (Lipinski definition) is 2. The molecule has 2 aromatic carbocycles. The fourth-order valence-electron chi connectivity index (χ4n) is 1.60. The largest absolute Gasteiger partial charge is 0.445 e. The summed E-state index contributed by atoms with van der Waals surface area (Å²) in [6.07, 6.45) is -1.72. The smallest absolute Gasteiger partial charge is 0.409 e. The van der Waals surface area contributed by atoms with Crippen molar-refractivity contribution in [2.45, 2.75) is 12.8 Å². The number of aliphatic hydroxyl groups excluding tert-OH is 1. The van der Waals surface area contributed by atoms with E-state index in [4.69, 9.17) is 4.74 Å². The Hall–Kier alpha value is -2.33. The van der Waals surface area contributed by atoms with E-state index in [-0.39, 0.29) is 6.61 Å². The molecule has 0 aromatic heterocycles. The Kier molecular flexibility index (Phi) is 4.53. The van der Waals surface area contributed by atoms with E-state index < -0.39 is 12.3 Å². The minimum atomic E-state index is -1.07. The van der Waals surface area contributed by atoms with Gasteiger partial charge in [0.25, 0.3) is 0 Å². The predicted molar refractivity (Wildman–Crippen MR) is 71.2 cm³/mol. The zero-order chi connectivity index (χ0) is 13.5. The normalized spacial score (nSPS) is 11.6. The van der Waals surface area contributed by atoms with Crippen LogP contribution in [0.4, 0.5) is 4.79 Å². The molecule has 1 atom stereocenters. The molecule has 19 heavy (non-hydrogen) atoms. The SMILES string of the molecule is O=C(NC(O)c1ccccc1)OCc1ccccc1. The van der Waals surface area contributed by atoms with Crippen LogP contribution >= 0.6 is 0 Å². The third-order valence-corrected chi connectivity index (χ3v) is 2.58. The Morgan fingerprint density at radius 2 is 1.63 bits per heavy atom. The number of ether oxygens (including phenoxy) is 1. The zero-order valence-electron chi connectivity index (χ0n) is 10.3. The molecule has 1 amide bonds. The number of rotatable bonds is 4. The van der Waals surface area contributed by atoms with Crippen molar-refractivity contribution in [1.29, 1.82) is 0 Å². The van der Waals surface area contributed by atoms with Gasteiger partial charge in [0.05, 0.1) is 0 Å². The van der Waals surface area contributed by atoms with Gasteiger partial charge in [-0.15, -0.1) is 0 Å². The van der Waals surface area contributed by atoms with E-state index >= 15 is 0 Å². The number of alkyl carbamates (subject to hydrolysis) is 1. The van der Waals surface area contributed by atoms with Gasteiger partial charge in [0, 0.05) is 5.56 Å². The average Bonchev–Trinajstić information content (AvgIpc) is 2.47. The van der Waals surface area contributed by atoms with E-state index in [1.807, 2.05) is 36.4 Å². The molecular weight excluding hydrogens is 242 g/mol. The minimum Gasteiger partial charge on any atom is -0.445 e. The summed E-state index contributed by atoms with van der Waals surface area (Å²) in [5, 5.41) is 12.1. The average molecular weight is 257 g/mol. The highest BCUT2D eigenvalue weighted by molar-refractivity contribution is 5.67. The lowest BCUT2D eigenvalue weighted by Crippen LogP contribution is -2.28. The van der Waals surface area contributed by atoms with Gasteiger partial charge in [-0.1, -0.05) is 60.7 Å². The minimum absolute atomic E-state index is 0.175. The molecule has 2 aromatic rings. The van der Waals surface area contributed by atoms with E-state index in [1.54, 1.807) is 24.3 Å². The number of aliphatic hydroxyl groups is 1. The third kappa shape index (κ3) is 4.12. The van der Waals surface area contributed by atoms with Crippen molar-refractivity contribution in [3.05, 3.63) is 71.8 Å². The van der Waals surface area contributed by atoms with E-state index in [1.165, 1.54) is 0 Å². The second-order valence-corrected chi connectivity index (χ2v) is 4.02. The first-order chi connectivity index (χ1) is 9.25. The van der Waals surface area contributed by atoms with Gasteiger partial charge in [0.1, 0.15) is 6.61 Å². The molecular formula is C15H15NO3. The Labute approximate surface area is 111 Å². The molecule has 0 aliphatic heterocycles. The summed E-state index contributed by atoms with van der Waals surface area (Å²) in [5.74, 6) is 0. The number of carbonyl (C=O) groups excluding carboxylic acids is 1. The number of nitrogens with one attached hydrogen (secondary N) is 1. The molecule has 2 rings (SSSR count). The number of carbonyl (C=O) groups is 1. The quantitative estimate of drug-likeness (QED) is 0.828. The van der Waals surface area contributed by atoms with Crippen molar-refractivity contribution in [3.8, 4) is 0 Å². The molecule has 98 valence electrons. The Bertz CT molecular complexity index is 513. The van der Waals surface area contributed by atoms with Crippen LogP contribution in [0.25, 0.3) is 0 Å². The predicted octanol–water partition coefficient (Wildman–Crippen LogP) is 2.60. The molecule has 0 saturated carbocycles. The van der Waals surface area contributed by atoms with E-state index in [0.29, 0.717) is 5.56 Å². The van der Waals surface area contributed by atoms with Gasteiger partial charge in [0.2, 0.25) is 0 Å². The fraction of sp³-hybridized carbons (Fsp3) is 0.133. The molecule has 0 aliphatic rings. The summed E-state index contributed by atoms with van der Waals surface area (Å²) in [6, 6.07) is 18.2. The van der Waals surface area contributed by atoms with E-state index in [9.17, 15) is 9.90 Å². The van der Waals surface area contributed by atoms with E-state index in [2.05, 4.69) is 5.32 Å². The Balaban J connectivity index is 1.82. The summed E-state index contributed by atoms with van der Waals surface area (Å²) in [4.78, 5) is 11.5. The van der Waals surface area contributed by atoms with Crippen molar-refractivity contribution in [1.82, 2.24) is 5.32 Å². The Morgan fingerprint density at radius 1 is 1.05 bits per heavy atom. The lowest BCUT2D eigenvalue weighted by molar-refractivity contribution is 0.0948. The monoisotopic (exact) mass is 257 g/mol. The number of amides is 1. The maximum atomic E-state index is 11.5. The van der Waals surface area contributed by atoms with Crippen LogP contribution in [-0.2, 0) is 11.3 Å². The first-order valence-corrected chi connectivity index (χ1v) is 5.96. The lowest BCUT2D eigenvalue weighted by atomic mass is 10.2. The lowest BCUT2D eigenvalue weighted by Gasteiger charge is -2.13. The van der Waals surface area contributed by atoms with Gasteiger partial charge in [-0.25, -0.2) is 4.79 Å². The van der Waals surface area contributed by atoms with Gasteiger partial charge in [0.15, 0.2) is 6.23 Å². The van der Waals surface area contributed by atoms with Crippen LogP contribution in [0.2, 0.25) is 0 Å². The highest BCUT2D eigenvalue weighted by Crippen LogP contribution is 2.09. The summed E-state index contributed by atoms with van der Waals surface area (Å²) >= 11 is 0. The van der Waals surface area contributed by atoms with E-state index in [0.717, 1.165) is 5.56 Å². The topological polar surface area (TPSA) is 58.6 Å². The van der Waals surface area contributed by atoms with Crippen molar-refractivity contribution in [3.63, 3.8) is 0 Å². The molecule has 0 aliphatic carbocycles. The third-order valence-electron chi connectivity index (χ3n) is 2.58. The molecule has 4 nitrogen and oxygen atoms in total. The molecule has 0 spiro atoms. The van der Waals surface area contributed by atoms with Crippen LogP contribution in [0, 0.1) is 0 Å². The van der Waals surface area contributed by atoms with Gasteiger partial charge in [-0.2, -0.15) is 0 Å². The van der Waals surface area contributed by atoms with Crippen LogP contribution in [0.1, 0.15) is 17.4 Å². The molecule has 0 bridgehead atoms. The summed E-state index contributed by atoms with van der Waals surface area (Å²) < 4.78 is 5.01. The van der Waals surface area contributed by atoms with Crippen LogP contribution in [0.5, 0.6) is 0 Å².